The molecule has 92 valence electrons. The van der Waals surface area contributed by atoms with E-state index in [-0.39, 0.29) is 6.54 Å². The molecule has 0 aliphatic carbocycles. The first-order valence-electron chi connectivity index (χ1n) is 5.54. The predicted molar refractivity (Wildman–Crippen MR) is 75.9 cm³/mol. The molecule has 0 radical (unpaired) electrons. The minimum Gasteiger partial charge on any atom is -0.480 e. The van der Waals surface area contributed by atoms with Crippen LogP contribution in [0.15, 0.2) is 42.5 Å². The van der Waals surface area contributed by atoms with E-state index >= 15 is 0 Å². The zero-order chi connectivity index (χ0) is 13.1. The highest BCUT2D eigenvalue weighted by atomic mass is 32.1. The number of hydrogen-bond acceptors (Lipinski definition) is 2. The molecular formula is C14H13NO2S. The second-order valence-corrected chi connectivity index (χ2v) is 4.47. The molecule has 0 atom stereocenters. The van der Waals surface area contributed by atoms with Gasteiger partial charge >= 0.3 is 5.97 Å². The van der Waals surface area contributed by atoms with Crippen LogP contribution in [0.5, 0.6) is 0 Å². The number of nitrogens with zero attached hydrogens (tertiary/aromatic N) is 1. The lowest BCUT2D eigenvalue weighted by molar-refractivity contribution is -0.137. The quantitative estimate of drug-likeness (QED) is 0.860. The van der Waals surface area contributed by atoms with Gasteiger partial charge in [-0.2, -0.15) is 0 Å². The zero-order valence-electron chi connectivity index (χ0n) is 9.96. The van der Waals surface area contributed by atoms with E-state index in [1.165, 1.54) is 0 Å². The Morgan fingerprint density at radius 2 is 1.89 bits per heavy atom. The van der Waals surface area contributed by atoms with Gasteiger partial charge in [0, 0.05) is 12.6 Å². The Morgan fingerprint density at radius 1 is 1.22 bits per heavy atom. The van der Waals surface area contributed by atoms with Gasteiger partial charge < -0.3 is 10.0 Å². The van der Waals surface area contributed by atoms with E-state index in [1.807, 2.05) is 42.5 Å². The van der Waals surface area contributed by atoms with E-state index in [9.17, 15) is 4.79 Å². The van der Waals surface area contributed by atoms with Crippen molar-refractivity contribution in [2.45, 2.75) is 0 Å². The number of rotatable bonds is 3. The van der Waals surface area contributed by atoms with Crippen LogP contribution in [0.3, 0.4) is 0 Å². The molecule has 0 amide bonds. The molecule has 0 fully saturated rings. The van der Waals surface area contributed by atoms with Crippen molar-refractivity contribution in [3.05, 3.63) is 48.0 Å². The summed E-state index contributed by atoms with van der Waals surface area (Å²) >= 11 is 5.35. The summed E-state index contributed by atoms with van der Waals surface area (Å²) in [5.74, 6) is -0.889. The number of carboxylic acids is 1. The molecule has 0 aromatic heterocycles. The van der Waals surface area contributed by atoms with Crippen LogP contribution in [0.4, 0.5) is 0 Å². The van der Waals surface area contributed by atoms with Crippen LogP contribution in [0, 0.1) is 0 Å². The van der Waals surface area contributed by atoms with Crippen LogP contribution in [0.1, 0.15) is 5.56 Å². The maximum Gasteiger partial charge on any atom is 0.323 e. The number of fused-ring (bicyclic) bond motifs is 1. The molecule has 0 bridgehead atoms. The van der Waals surface area contributed by atoms with Crippen LogP contribution in [0.2, 0.25) is 0 Å². The average molecular weight is 259 g/mol. The van der Waals surface area contributed by atoms with Gasteiger partial charge in [-0.15, -0.1) is 0 Å². The molecular weight excluding hydrogens is 246 g/mol. The van der Waals surface area contributed by atoms with E-state index in [1.54, 1.807) is 11.9 Å². The Labute approximate surface area is 111 Å². The number of benzene rings is 2. The fourth-order valence-corrected chi connectivity index (χ4v) is 2.13. The molecule has 0 aliphatic rings. The Balaban J connectivity index is 2.42. The molecule has 3 nitrogen and oxygen atoms in total. The van der Waals surface area contributed by atoms with Crippen molar-refractivity contribution >= 4 is 33.9 Å². The Bertz CT molecular complexity index is 604. The molecule has 0 saturated heterocycles. The maximum atomic E-state index is 10.7. The maximum absolute atomic E-state index is 10.7. The number of thiocarbonyl (C=S) groups is 1. The summed E-state index contributed by atoms with van der Waals surface area (Å²) in [6, 6.07) is 13.8. The van der Waals surface area contributed by atoms with Crippen LogP contribution in [0.25, 0.3) is 10.8 Å². The summed E-state index contributed by atoms with van der Waals surface area (Å²) in [5.41, 5.74) is 0.895. The molecule has 0 unspecified atom stereocenters. The average Bonchev–Trinajstić information content (AvgIpc) is 2.36. The Hall–Kier alpha value is -1.94. The molecule has 0 heterocycles. The highest BCUT2D eigenvalue weighted by molar-refractivity contribution is 7.80. The van der Waals surface area contributed by atoms with Crippen LogP contribution >= 0.6 is 12.2 Å². The summed E-state index contributed by atoms with van der Waals surface area (Å²) < 4.78 is 0. The first-order valence-corrected chi connectivity index (χ1v) is 5.95. The second-order valence-electron chi connectivity index (χ2n) is 4.08. The number of aliphatic carboxylic acids is 1. The lowest BCUT2D eigenvalue weighted by Gasteiger charge is -2.19. The van der Waals surface area contributed by atoms with Gasteiger partial charge in [-0.05, 0) is 10.8 Å². The van der Waals surface area contributed by atoms with Crippen molar-refractivity contribution < 1.29 is 9.90 Å². The molecule has 0 spiro atoms. The summed E-state index contributed by atoms with van der Waals surface area (Å²) in [5, 5.41) is 10.9. The van der Waals surface area contributed by atoms with Crippen molar-refractivity contribution in [3.8, 4) is 0 Å². The third-order valence-corrected chi connectivity index (χ3v) is 3.27. The number of carboxylic acid groups (broad SMARTS) is 1. The third-order valence-electron chi connectivity index (χ3n) is 2.74. The highest BCUT2D eigenvalue weighted by Gasteiger charge is 2.12. The van der Waals surface area contributed by atoms with E-state index in [0.717, 1.165) is 16.3 Å². The van der Waals surface area contributed by atoms with Gasteiger partial charge in [0.15, 0.2) is 0 Å². The van der Waals surface area contributed by atoms with Gasteiger partial charge in [-0.1, -0.05) is 54.7 Å². The van der Waals surface area contributed by atoms with E-state index in [2.05, 4.69) is 0 Å². The van der Waals surface area contributed by atoms with Crippen molar-refractivity contribution in [3.63, 3.8) is 0 Å². The van der Waals surface area contributed by atoms with Crippen molar-refractivity contribution in [1.29, 1.82) is 0 Å². The lowest BCUT2D eigenvalue weighted by Crippen LogP contribution is -2.31. The SMILES string of the molecule is CN(CC(=O)O)C(=S)c1cccc2ccccc12. The topological polar surface area (TPSA) is 40.5 Å². The summed E-state index contributed by atoms with van der Waals surface area (Å²) in [7, 11) is 1.69. The zero-order valence-corrected chi connectivity index (χ0v) is 10.8. The molecule has 0 saturated carbocycles. The third kappa shape index (κ3) is 2.49. The van der Waals surface area contributed by atoms with Gasteiger partial charge in [-0.3, -0.25) is 4.79 Å². The largest absolute Gasteiger partial charge is 0.480 e. The Kier molecular flexibility index (Phi) is 3.58. The molecule has 2 aromatic rings. The number of carbonyl (C=O) groups is 1. The first kappa shape index (κ1) is 12.5. The Morgan fingerprint density at radius 3 is 2.61 bits per heavy atom. The first-order chi connectivity index (χ1) is 8.59. The van der Waals surface area contributed by atoms with E-state index < -0.39 is 5.97 Å². The number of likely N-dealkylation sites (N-methyl/N-ethyl adjacent to an activating group) is 1. The van der Waals surface area contributed by atoms with Crippen molar-refractivity contribution in [1.82, 2.24) is 4.90 Å². The van der Waals surface area contributed by atoms with Gasteiger partial charge in [0.1, 0.15) is 11.5 Å². The van der Waals surface area contributed by atoms with Crippen molar-refractivity contribution in [2.75, 3.05) is 13.6 Å². The van der Waals surface area contributed by atoms with Crippen LogP contribution in [-0.2, 0) is 4.79 Å². The molecule has 2 rings (SSSR count). The van der Waals surface area contributed by atoms with Crippen LogP contribution in [-0.4, -0.2) is 34.6 Å². The second kappa shape index (κ2) is 5.14. The standard InChI is InChI=1S/C14H13NO2S/c1-15(9-13(16)17)14(18)12-8-4-6-10-5-2-3-7-11(10)12/h2-8H,9H2,1H3,(H,16,17). The summed E-state index contributed by atoms with van der Waals surface area (Å²) in [6.45, 7) is -0.0952. The summed E-state index contributed by atoms with van der Waals surface area (Å²) in [4.78, 5) is 12.8. The molecule has 18 heavy (non-hydrogen) atoms. The molecule has 1 N–H and O–H groups in total. The molecule has 2 aromatic carbocycles. The van der Waals surface area contributed by atoms with Gasteiger partial charge in [0.2, 0.25) is 0 Å². The number of hydrogen-bond donors (Lipinski definition) is 1. The minimum absolute atomic E-state index is 0.0952. The summed E-state index contributed by atoms with van der Waals surface area (Å²) in [6.07, 6.45) is 0. The molecule has 0 aliphatic heterocycles. The predicted octanol–water partition coefficient (Wildman–Crippen LogP) is 2.53. The molecule has 4 heteroatoms. The van der Waals surface area contributed by atoms with Crippen LogP contribution < -0.4 is 0 Å². The van der Waals surface area contributed by atoms with E-state index in [0.29, 0.717) is 4.99 Å². The van der Waals surface area contributed by atoms with Gasteiger partial charge in [0.05, 0.1) is 0 Å². The van der Waals surface area contributed by atoms with Gasteiger partial charge in [0.25, 0.3) is 0 Å². The van der Waals surface area contributed by atoms with Crippen molar-refractivity contribution in [2.24, 2.45) is 0 Å². The normalized spacial score (nSPS) is 10.3. The highest BCUT2D eigenvalue weighted by Crippen LogP contribution is 2.20. The van der Waals surface area contributed by atoms with E-state index in [4.69, 9.17) is 17.3 Å². The monoisotopic (exact) mass is 259 g/mol. The fraction of sp³-hybridized carbons (Fsp3) is 0.143. The minimum atomic E-state index is -0.889. The van der Waals surface area contributed by atoms with Gasteiger partial charge in [-0.25, -0.2) is 0 Å². The fourth-order valence-electron chi connectivity index (χ4n) is 1.89. The lowest BCUT2D eigenvalue weighted by atomic mass is 10.0. The smallest absolute Gasteiger partial charge is 0.323 e.